The van der Waals surface area contributed by atoms with Crippen LogP contribution in [0.4, 0.5) is 0 Å². The van der Waals surface area contributed by atoms with Crippen molar-refractivity contribution in [2.75, 3.05) is 6.54 Å². The normalized spacial score (nSPS) is 21.6. The van der Waals surface area contributed by atoms with E-state index in [2.05, 4.69) is 26.1 Å². The molecule has 1 aliphatic carbocycles. The van der Waals surface area contributed by atoms with Crippen LogP contribution in [0.25, 0.3) is 0 Å². The first-order valence-electron chi connectivity index (χ1n) is 4.43. The Morgan fingerprint density at radius 1 is 1.30 bits per heavy atom. The van der Waals surface area contributed by atoms with Gasteiger partial charge in [0.1, 0.15) is 0 Å². The molecule has 0 saturated heterocycles. The van der Waals surface area contributed by atoms with Gasteiger partial charge in [-0.3, -0.25) is 0 Å². The van der Waals surface area contributed by atoms with Gasteiger partial charge in [0.15, 0.2) is 0 Å². The van der Waals surface area contributed by atoms with Gasteiger partial charge in [0.2, 0.25) is 0 Å². The Morgan fingerprint density at radius 2 is 1.90 bits per heavy atom. The Bertz CT molecular complexity index is 94.9. The van der Waals surface area contributed by atoms with Gasteiger partial charge >= 0.3 is 0 Å². The molecule has 1 rings (SSSR count). The lowest BCUT2D eigenvalue weighted by Crippen LogP contribution is -2.32. The topological polar surface area (TPSA) is 12.0 Å². The van der Waals surface area contributed by atoms with Crippen LogP contribution in [0.3, 0.4) is 0 Å². The van der Waals surface area contributed by atoms with Crippen LogP contribution in [0.2, 0.25) is 0 Å². The zero-order valence-corrected chi connectivity index (χ0v) is 7.35. The molecule has 60 valence electrons. The van der Waals surface area contributed by atoms with E-state index in [0.29, 0.717) is 6.04 Å². The van der Waals surface area contributed by atoms with E-state index in [4.69, 9.17) is 0 Å². The van der Waals surface area contributed by atoms with Crippen LogP contribution in [0, 0.1) is 11.8 Å². The number of rotatable bonds is 4. The van der Waals surface area contributed by atoms with Crippen molar-refractivity contribution in [3.05, 3.63) is 0 Å². The second-order valence-electron chi connectivity index (χ2n) is 3.88. The van der Waals surface area contributed by atoms with Crippen LogP contribution in [0.15, 0.2) is 0 Å². The molecule has 1 aliphatic rings. The highest BCUT2D eigenvalue weighted by Crippen LogP contribution is 2.27. The highest BCUT2D eigenvalue weighted by atomic mass is 14.9. The molecule has 1 N–H and O–H groups in total. The van der Waals surface area contributed by atoms with Crippen LogP contribution in [-0.4, -0.2) is 12.6 Å². The van der Waals surface area contributed by atoms with Crippen molar-refractivity contribution >= 4 is 0 Å². The minimum atomic E-state index is 0.695. The van der Waals surface area contributed by atoms with Crippen molar-refractivity contribution in [1.29, 1.82) is 0 Å². The van der Waals surface area contributed by atoms with E-state index in [-0.39, 0.29) is 0 Å². The zero-order valence-electron chi connectivity index (χ0n) is 7.35. The summed E-state index contributed by atoms with van der Waals surface area (Å²) >= 11 is 0. The molecule has 0 aliphatic heterocycles. The summed E-state index contributed by atoms with van der Waals surface area (Å²) in [5.74, 6) is 1.79. The summed E-state index contributed by atoms with van der Waals surface area (Å²) in [6, 6.07) is 0.695. The second kappa shape index (κ2) is 3.38. The first-order valence-corrected chi connectivity index (χ1v) is 4.43. The van der Waals surface area contributed by atoms with Crippen molar-refractivity contribution in [2.24, 2.45) is 11.8 Å². The van der Waals surface area contributed by atoms with Crippen LogP contribution >= 0.6 is 0 Å². The first-order chi connectivity index (χ1) is 4.70. The lowest BCUT2D eigenvalue weighted by Gasteiger charge is -2.16. The predicted molar refractivity (Wildman–Crippen MR) is 45.0 cm³/mol. The van der Waals surface area contributed by atoms with Gasteiger partial charge in [-0.1, -0.05) is 13.8 Å². The molecule has 0 heterocycles. The Hall–Kier alpha value is -0.0400. The minimum absolute atomic E-state index is 0.695. The summed E-state index contributed by atoms with van der Waals surface area (Å²) in [6.45, 7) is 8.06. The SMILES string of the molecule is CC(C)C(C)NCC1CC1. The largest absolute Gasteiger partial charge is 0.314 e. The van der Waals surface area contributed by atoms with E-state index in [1.807, 2.05) is 0 Å². The lowest BCUT2D eigenvalue weighted by molar-refractivity contribution is 0.420. The Kier molecular flexibility index (Phi) is 2.72. The average molecular weight is 141 g/mol. The van der Waals surface area contributed by atoms with Crippen LogP contribution < -0.4 is 5.32 Å². The van der Waals surface area contributed by atoms with Gasteiger partial charge in [-0.05, 0) is 38.1 Å². The molecule has 1 unspecified atom stereocenters. The van der Waals surface area contributed by atoms with Crippen molar-refractivity contribution in [3.63, 3.8) is 0 Å². The third kappa shape index (κ3) is 2.70. The Labute approximate surface area is 64.2 Å². The Morgan fingerprint density at radius 3 is 2.30 bits per heavy atom. The molecule has 0 spiro atoms. The summed E-state index contributed by atoms with van der Waals surface area (Å²) in [5.41, 5.74) is 0. The summed E-state index contributed by atoms with van der Waals surface area (Å²) in [4.78, 5) is 0. The first kappa shape index (κ1) is 8.06. The van der Waals surface area contributed by atoms with Gasteiger partial charge in [0.25, 0.3) is 0 Å². The van der Waals surface area contributed by atoms with Gasteiger partial charge in [-0.2, -0.15) is 0 Å². The van der Waals surface area contributed by atoms with E-state index in [0.717, 1.165) is 11.8 Å². The molecule has 1 fully saturated rings. The van der Waals surface area contributed by atoms with Gasteiger partial charge in [0.05, 0.1) is 0 Å². The van der Waals surface area contributed by atoms with Crippen LogP contribution in [-0.2, 0) is 0 Å². The van der Waals surface area contributed by atoms with Gasteiger partial charge < -0.3 is 5.32 Å². The van der Waals surface area contributed by atoms with Crippen LogP contribution in [0.1, 0.15) is 33.6 Å². The van der Waals surface area contributed by atoms with E-state index in [1.54, 1.807) is 0 Å². The molecule has 0 amide bonds. The van der Waals surface area contributed by atoms with Crippen molar-refractivity contribution in [2.45, 2.75) is 39.7 Å². The van der Waals surface area contributed by atoms with Gasteiger partial charge in [0, 0.05) is 6.04 Å². The van der Waals surface area contributed by atoms with Gasteiger partial charge in [-0.15, -0.1) is 0 Å². The summed E-state index contributed by atoms with van der Waals surface area (Å²) in [7, 11) is 0. The van der Waals surface area contributed by atoms with Crippen molar-refractivity contribution in [1.82, 2.24) is 5.32 Å². The third-order valence-electron chi connectivity index (χ3n) is 2.43. The average Bonchev–Trinajstić information content (AvgIpc) is 2.64. The maximum absolute atomic E-state index is 3.54. The molecule has 1 saturated carbocycles. The van der Waals surface area contributed by atoms with Gasteiger partial charge in [-0.25, -0.2) is 0 Å². The number of hydrogen-bond donors (Lipinski definition) is 1. The molecular weight excluding hydrogens is 122 g/mol. The minimum Gasteiger partial charge on any atom is -0.314 e. The fourth-order valence-corrected chi connectivity index (χ4v) is 0.910. The predicted octanol–water partition coefficient (Wildman–Crippen LogP) is 2.03. The molecule has 10 heavy (non-hydrogen) atoms. The highest BCUT2D eigenvalue weighted by molar-refractivity contribution is 4.77. The summed E-state index contributed by atoms with van der Waals surface area (Å²) in [6.07, 6.45) is 2.91. The molecule has 1 atom stereocenters. The maximum atomic E-state index is 3.54. The lowest BCUT2D eigenvalue weighted by atomic mass is 10.1. The second-order valence-corrected chi connectivity index (χ2v) is 3.88. The number of hydrogen-bond acceptors (Lipinski definition) is 1. The van der Waals surface area contributed by atoms with E-state index in [9.17, 15) is 0 Å². The fourth-order valence-electron chi connectivity index (χ4n) is 0.910. The molecule has 1 heteroatoms. The summed E-state index contributed by atoms with van der Waals surface area (Å²) < 4.78 is 0. The van der Waals surface area contributed by atoms with Crippen LogP contribution in [0.5, 0.6) is 0 Å². The van der Waals surface area contributed by atoms with E-state index < -0.39 is 0 Å². The zero-order chi connectivity index (χ0) is 7.56. The molecule has 0 bridgehead atoms. The molecule has 0 aromatic rings. The number of nitrogens with one attached hydrogen (secondary N) is 1. The smallest absolute Gasteiger partial charge is 0.00618 e. The highest BCUT2D eigenvalue weighted by Gasteiger charge is 2.21. The standard InChI is InChI=1S/C9H19N/c1-7(2)8(3)10-6-9-4-5-9/h7-10H,4-6H2,1-3H3. The monoisotopic (exact) mass is 141 g/mol. The molecule has 0 aromatic heterocycles. The van der Waals surface area contributed by atoms with Crippen molar-refractivity contribution in [3.8, 4) is 0 Å². The summed E-state index contributed by atoms with van der Waals surface area (Å²) in [5, 5.41) is 3.54. The molecule has 0 aromatic carbocycles. The quantitative estimate of drug-likeness (QED) is 0.631. The molecule has 0 radical (unpaired) electrons. The molecular formula is C9H19N. The molecule has 1 nitrogen and oxygen atoms in total. The third-order valence-corrected chi connectivity index (χ3v) is 2.43. The fraction of sp³-hybridized carbons (Fsp3) is 1.00. The van der Waals surface area contributed by atoms with E-state index >= 15 is 0 Å². The van der Waals surface area contributed by atoms with Crippen molar-refractivity contribution < 1.29 is 0 Å². The maximum Gasteiger partial charge on any atom is 0.00618 e. The Balaban J connectivity index is 1.99. The van der Waals surface area contributed by atoms with E-state index in [1.165, 1.54) is 19.4 Å².